The molecule has 1 aromatic carbocycles. The lowest BCUT2D eigenvalue weighted by Crippen LogP contribution is -2.41. The molecule has 0 radical (unpaired) electrons. The van der Waals surface area contributed by atoms with Crippen LogP contribution < -0.4 is 4.74 Å². The maximum absolute atomic E-state index is 14.0. The Morgan fingerprint density at radius 3 is 1.71 bits per heavy atom. The summed E-state index contributed by atoms with van der Waals surface area (Å²) >= 11 is 0. The fraction of sp³-hybridized carbons (Fsp3) is 0.727. The summed E-state index contributed by atoms with van der Waals surface area (Å²) in [5.41, 5.74) is -0.488. The highest BCUT2D eigenvalue weighted by atomic mass is 32.2. The summed E-state index contributed by atoms with van der Waals surface area (Å²) < 4.78 is 81.9. The Hall–Kier alpha value is -1.15. The zero-order valence-electron chi connectivity index (χ0n) is 20.9. The Balaban J connectivity index is 2.08. The maximum Gasteiger partial charge on any atom is 0.264 e. The Kier molecular flexibility index (Phi) is 13.1. The van der Waals surface area contributed by atoms with Gasteiger partial charge in [0.1, 0.15) is 24.0 Å². The smallest absolute Gasteiger partial charge is 0.264 e. The second-order valence-corrected chi connectivity index (χ2v) is 15.6. The molecular weight excluding hydrogens is 490 g/mol. The monoisotopic (exact) mass is 528 g/mol. The third-order valence-electron chi connectivity index (χ3n) is 5.27. The number of hydrogen-bond acceptors (Lipinski definition) is 8. The van der Waals surface area contributed by atoms with Gasteiger partial charge in [-0.15, -0.1) is 0 Å². The molecule has 12 heteroatoms. The van der Waals surface area contributed by atoms with E-state index in [-0.39, 0.29) is 24.0 Å². The van der Waals surface area contributed by atoms with Crippen molar-refractivity contribution in [2.24, 2.45) is 0 Å². The Morgan fingerprint density at radius 1 is 0.824 bits per heavy atom. The number of benzene rings is 1. The van der Waals surface area contributed by atoms with Crippen molar-refractivity contribution >= 4 is 18.4 Å². The first-order valence-corrected chi connectivity index (χ1v) is 15.8. The van der Waals surface area contributed by atoms with Gasteiger partial charge in [0.2, 0.25) is 0 Å². The quantitative estimate of drug-likeness (QED) is 0.171. The Morgan fingerprint density at radius 2 is 1.26 bits per heavy atom. The van der Waals surface area contributed by atoms with Crippen LogP contribution in [0, 0.1) is 11.6 Å². The van der Waals surface area contributed by atoms with Gasteiger partial charge in [-0.25, -0.2) is 8.78 Å². The Labute approximate surface area is 203 Å². The van der Waals surface area contributed by atoms with E-state index in [0.717, 1.165) is 18.4 Å². The molecule has 0 aliphatic rings. The van der Waals surface area contributed by atoms with Gasteiger partial charge in [-0.2, -0.15) is 8.42 Å². The van der Waals surface area contributed by atoms with Gasteiger partial charge >= 0.3 is 0 Å². The molecule has 1 rings (SSSR count). The van der Waals surface area contributed by atoms with Crippen LogP contribution in [0.25, 0.3) is 0 Å². The third kappa shape index (κ3) is 12.5. The van der Waals surface area contributed by atoms with Gasteiger partial charge in [-0.1, -0.05) is 20.8 Å². The molecule has 0 aliphatic heterocycles. The zero-order chi connectivity index (χ0) is 25.8. The molecule has 0 unspecified atom stereocenters. The van der Waals surface area contributed by atoms with Crippen LogP contribution in [0.4, 0.5) is 8.78 Å². The minimum atomic E-state index is -3.81. The Bertz CT molecular complexity index is 821. The average Bonchev–Trinajstić information content (AvgIpc) is 2.69. The molecule has 0 heterocycles. The predicted molar refractivity (Wildman–Crippen MR) is 127 cm³/mol. The van der Waals surface area contributed by atoms with Gasteiger partial charge in [0.25, 0.3) is 10.1 Å². The summed E-state index contributed by atoms with van der Waals surface area (Å²) in [4.78, 5) is 0. The molecule has 1 aromatic rings. The van der Waals surface area contributed by atoms with E-state index in [1.54, 1.807) is 0 Å². The van der Waals surface area contributed by atoms with Crippen molar-refractivity contribution in [3.8, 4) is 5.75 Å². The fourth-order valence-electron chi connectivity index (χ4n) is 2.30. The first-order valence-electron chi connectivity index (χ1n) is 11.1. The van der Waals surface area contributed by atoms with E-state index < -0.39 is 42.2 Å². The van der Waals surface area contributed by atoms with Gasteiger partial charge in [-0.05, 0) is 18.1 Å². The zero-order valence-corrected chi connectivity index (χ0v) is 22.8. The van der Waals surface area contributed by atoms with E-state index in [0.29, 0.717) is 39.6 Å². The molecule has 0 aliphatic carbocycles. The largest absolute Gasteiger partial charge is 0.491 e. The minimum absolute atomic E-state index is 0.0346. The van der Waals surface area contributed by atoms with Gasteiger partial charge in [0, 0.05) is 12.1 Å². The van der Waals surface area contributed by atoms with Crippen molar-refractivity contribution in [3.63, 3.8) is 0 Å². The lowest BCUT2D eigenvalue weighted by molar-refractivity contribution is 0.00428. The van der Waals surface area contributed by atoms with Crippen molar-refractivity contribution in [2.75, 3.05) is 59.1 Å². The molecule has 0 spiro atoms. The second-order valence-electron chi connectivity index (χ2n) is 9.13. The molecule has 34 heavy (non-hydrogen) atoms. The van der Waals surface area contributed by atoms with Gasteiger partial charge in [0.05, 0.1) is 64.7 Å². The molecule has 0 saturated carbocycles. The lowest BCUT2D eigenvalue weighted by Gasteiger charge is -2.36. The molecule has 0 N–H and O–H groups in total. The molecular formula is C22H38F2O8SSi. The van der Waals surface area contributed by atoms with Gasteiger partial charge in [0.15, 0.2) is 8.32 Å². The molecule has 198 valence electrons. The molecule has 0 saturated heterocycles. The maximum atomic E-state index is 14.0. The van der Waals surface area contributed by atoms with Gasteiger partial charge in [-0.3, -0.25) is 4.18 Å². The summed E-state index contributed by atoms with van der Waals surface area (Å²) in [6, 6.07) is 1.93. The second kappa shape index (κ2) is 14.4. The summed E-state index contributed by atoms with van der Waals surface area (Å²) in [7, 11) is -5.55. The normalized spacial score (nSPS) is 12.8. The van der Waals surface area contributed by atoms with Crippen molar-refractivity contribution in [1.82, 2.24) is 0 Å². The lowest BCUT2D eigenvalue weighted by atomic mass is 10.2. The van der Waals surface area contributed by atoms with E-state index in [4.69, 9.17) is 23.4 Å². The van der Waals surface area contributed by atoms with E-state index in [9.17, 15) is 17.2 Å². The molecule has 8 nitrogen and oxygen atoms in total. The van der Waals surface area contributed by atoms with Crippen LogP contribution in [0.2, 0.25) is 18.1 Å². The highest BCUT2D eigenvalue weighted by Gasteiger charge is 2.36. The number of hydrogen-bond donors (Lipinski definition) is 0. The number of rotatable bonds is 17. The third-order valence-corrected chi connectivity index (χ3v) is 10.4. The molecule has 0 fully saturated rings. The van der Waals surface area contributed by atoms with Crippen LogP contribution in [-0.4, -0.2) is 75.8 Å². The fourth-order valence-corrected chi connectivity index (χ4v) is 3.66. The van der Waals surface area contributed by atoms with E-state index in [2.05, 4.69) is 38.0 Å². The van der Waals surface area contributed by atoms with E-state index in [1.165, 1.54) is 0 Å². The van der Waals surface area contributed by atoms with Crippen molar-refractivity contribution in [1.29, 1.82) is 0 Å². The van der Waals surface area contributed by atoms with Crippen molar-refractivity contribution in [3.05, 3.63) is 29.3 Å². The van der Waals surface area contributed by atoms with Crippen LogP contribution in [-0.2, 0) is 39.5 Å². The van der Waals surface area contributed by atoms with Crippen LogP contribution in [0.1, 0.15) is 26.3 Å². The molecule has 0 bridgehead atoms. The van der Waals surface area contributed by atoms with Crippen LogP contribution in [0.15, 0.2) is 12.1 Å². The first-order chi connectivity index (χ1) is 15.7. The van der Waals surface area contributed by atoms with Crippen LogP contribution >= 0.6 is 0 Å². The molecule has 0 aromatic heterocycles. The summed E-state index contributed by atoms with van der Waals surface area (Å²) in [5.74, 6) is -1.95. The minimum Gasteiger partial charge on any atom is -0.491 e. The van der Waals surface area contributed by atoms with Crippen molar-refractivity contribution in [2.45, 2.75) is 45.5 Å². The van der Waals surface area contributed by atoms with E-state index >= 15 is 0 Å². The SMILES string of the molecule is CC(C)(C)[Si](C)(C)OCCOCCOCCOCCOc1cc(F)c(COS(C)(=O)=O)c(F)c1. The average molecular weight is 529 g/mol. The number of ether oxygens (including phenoxy) is 4. The van der Waals surface area contributed by atoms with Gasteiger partial charge < -0.3 is 23.4 Å². The highest BCUT2D eigenvalue weighted by Crippen LogP contribution is 2.36. The summed E-state index contributed by atoms with van der Waals surface area (Å²) in [6.45, 7) is 13.3. The molecule has 0 amide bonds. The van der Waals surface area contributed by atoms with Crippen LogP contribution in [0.5, 0.6) is 5.75 Å². The predicted octanol–water partition coefficient (Wildman–Crippen LogP) is 3.89. The van der Waals surface area contributed by atoms with Crippen LogP contribution in [0.3, 0.4) is 0 Å². The first kappa shape index (κ1) is 30.9. The molecule has 0 atom stereocenters. The van der Waals surface area contributed by atoms with E-state index in [1.807, 2.05) is 0 Å². The standard InChI is InChI=1S/C22H38F2O8SSi/c1-22(2,3)34(5,6)32-14-12-29-10-8-27-7-9-28-11-13-30-18-15-20(23)19(21(24)16-18)17-31-33(4,25)26/h15-16H,7-14,17H2,1-6H3. The summed E-state index contributed by atoms with van der Waals surface area (Å²) in [6.07, 6.45) is 0.798. The highest BCUT2D eigenvalue weighted by molar-refractivity contribution is 7.85. The summed E-state index contributed by atoms with van der Waals surface area (Å²) in [5, 5.41) is 0.176. The number of halogens is 2. The van der Waals surface area contributed by atoms with Crippen molar-refractivity contribution < 1.29 is 44.8 Å². The topological polar surface area (TPSA) is 89.5 Å².